The van der Waals surface area contributed by atoms with Gasteiger partial charge in [-0.25, -0.2) is 0 Å². The number of nitrogens with zero attached hydrogens (tertiary/aromatic N) is 1. The molecule has 0 spiro atoms. The lowest BCUT2D eigenvalue weighted by molar-refractivity contribution is 0.183. The second-order valence-electron chi connectivity index (χ2n) is 10.4. The van der Waals surface area contributed by atoms with Gasteiger partial charge in [0.25, 0.3) is 0 Å². The van der Waals surface area contributed by atoms with Crippen molar-refractivity contribution in [3.63, 3.8) is 0 Å². The maximum Gasteiger partial charge on any atom is 0.309 e. The first-order valence-corrected chi connectivity index (χ1v) is 16.5. The minimum atomic E-state index is -3.63. The molecule has 8 heteroatoms. The third-order valence-corrected chi connectivity index (χ3v) is 9.77. The van der Waals surface area contributed by atoms with E-state index in [-0.39, 0.29) is 11.5 Å². The van der Waals surface area contributed by atoms with Crippen LogP contribution in [0.25, 0.3) is 20.5 Å². The Bertz CT molecular complexity index is 1510. The quantitative estimate of drug-likeness (QED) is 0.178. The van der Waals surface area contributed by atoms with E-state index in [1.54, 1.807) is 29.5 Å². The Morgan fingerprint density at radius 3 is 2.38 bits per heavy atom. The lowest BCUT2D eigenvalue weighted by Gasteiger charge is -2.26. The van der Waals surface area contributed by atoms with Crippen LogP contribution < -0.4 is 8.92 Å². The number of unbranched alkanes of at least 4 members (excludes halogenated alkanes) is 1. The third-order valence-electron chi connectivity index (χ3n) is 7.29. The van der Waals surface area contributed by atoms with Crippen LogP contribution in [0.2, 0.25) is 0 Å². The van der Waals surface area contributed by atoms with E-state index in [1.807, 2.05) is 43.3 Å². The highest BCUT2D eigenvalue weighted by molar-refractivity contribution is 7.87. The monoisotopic (exact) mass is 579 g/mol. The van der Waals surface area contributed by atoms with Crippen LogP contribution in [0, 0.1) is 0 Å². The van der Waals surface area contributed by atoms with Crippen LogP contribution >= 0.6 is 11.3 Å². The molecule has 2 heterocycles. The molecule has 212 valence electrons. The summed E-state index contributed by atoms with van der Waals surface area (Å²) in [4.78, 5) is 3.56. The van der Waals surface area contributed by atoms with Gasteiger partial charge in [-0.05, 0) is 115 Å². The van der Waals surface area contributed by atoms with Crippen molar-refractivity contribution in [1.82, 2.24) is 4.90 Å². The summed E-state index contributed by atoms with van der Waals surface area (Å²) in [5, 5.41) is 10.9. The number of fused-ring (bicyclic) bond motifs is 1. The van der Waals surface area contributed by atoms with E-state index < -0.39 is 10.1 Å². The minimum absolute atomic E-state index is 0.00789. The number of hydrogen-bond donors (Lipinski definition) is 1. The van der Waals surface area contributed by atoms with E-state index >= 15 is 0 Å². The molecule has 4 aromatic rings. The molecule has 40 heavy (non-hydrogen) atoms. The predicted octanol–water partition coefficient (Wildman–Crippen LogP) is 7.24. The summed E-state index contributed by atoms with van der Waals surface area (Å²) in [7, 11) is -3.63. The van der Waals surface area contributed by atoms with Gasteiger partial charge in [0.05, 0.1) is 5.75 Å². The summed E-state index contributed by atoms with van der Waals surface area (Å²) in [5.41, 5.74) is 3.32. The maximum atomic E-state index is 12.4. The van der Waals surface area contributed by atoms with Gasteiger partial charge in [-0.3, -0.25) is 4.90 Å². The van der Waals surface area contributed by atoms with Crippen LogP contribution in [0.3, 0.4) is 0 Å². The van der Waals surface area contributed by atoms with Crippen molar-refractivity contribution in [3.8, 4) is 27.7 Å². The van der Waals surface area contributed by atoms with Crippen LogP contribution in [0.4, 0.5) is 0 Å². The SMILES string of the molecule is CCCCS(=O)(=O)Oc1ccc2c(Cc3ccc(OCCN4CCCCC4)cc3)c(-c3ccc(O)cc3)sc2c1. The maximum absolute atomic E-state index is 12.4. The molecule has 1 aliphatic rings. The molecular formula is C32H37NO5S2. The van der Waals surface area contributed by atoms with Gasteiger partial charge in [-0.15, -0.1) is 11.3 Å². The van der Waals surface area contributed by atoms with Crippen molar-refractivity contribution in [2.45, 2.75) is 45.4 Å². The highest BCUT2D eigenvalue weighted by atomic mass is 32.2. The van der Waals surface area contributed by atoms with E-state index in [1.165, 1.54) is 32.4 Å². The van der Waals surface area contributed by atoms with Gasteiger partial charge in [-0.1, -0.05) is 31.9 Å². The van der Waals surface area contributed by atoms with E-state index in [4.69, 9.17) is 8.92 Å². The molecule has 1 fully saturated rings. The number of likely N-dealkylation sites (tertiary alicyclic amines) is 1. The normalized spacial score (nSPS) is 14.4. The fraction of sp³-hybridized carbons (Fsp3) is 0.375. The summed E-state index contributed by atoms with van der Waals surface area (Å²) < 4.78 is 37.2. The Hall–Kier alpha value is -3.07. The Morgan fingerprint density at radius 1 is 0.925 bits per heavy atom. The molecule has 0 saturated carbocycles. The van der Waals surface area contributed by atoms with E-state index in [9.17, 15) is 13.5 Å². The zero-order chi connectivity index (χ0) is 28.0. The highest BCUT2D eigenvalue weighted by Crippen LogP contribution is 2.42. The van der Waals surface area contributed by atoms with Gasteiger partial charge >= 0.3 is 10.1 Å². The van der Waals surface area contributed by atoms with Crippen LogP contribution in [-0.4, -0.2) is 50.4 Å². The van der Waals surface area contributed by atoms with E-state index in [2.05, 4.69) is 17.0 Å². The van der Waals surface area contributed by atoms with Crippen LogP contribution in [0.1, 0.15) is 50.2 Å². The largest absolute Gasteiger partial charge is 0.508 e. The molecule has 1 saturated heterocycles. The molecule has 0 amide bonds. The van der Waals surface area contributed by atoms with Gasteiger partial charge in [0.15, 0.2) is 0 Å². The number of ether oxygens (including phenoxy) is 1. The average molecular weight is 580 g/mol. The number of thiophene rings is 1. The Balaban J connectivity index is 1.36. The van der Waals surface area contributed by atoms with Crippen LogP contribution in [0.15, 0.2) is 66.7 Å². The van der Waals surface area contributed by atoms with E-state index in [0.29, 0.717) is 25.2 Å². The lowest BCUT2D eigenvalue weighted by atomic mass is 9.99. The van der Waals surface area contributed by atoms with Gasteiger partial charge in [0.2, 0.25) is 0 Å². The molecular weight excluding hydrogens is 542 g/mol. The summed E-state index contributed by atoms with van der Waals surface area (Å²) in [6.45, 7) is 5.95. The van der Waals surface area contributed by atoms with Gasteiger partial charge in [-0.2, -0.15) is 8.42 Å². The molecule has 0 unspecified atom stereocenters. The Kier molecular flexibility index (Phi) is 9.29. The number of benzene rings is 3. The summed E-state index contributed by atoms with van der Waals surface area (Å²) in [6.07, 6.45) is 5.97. The lowest BCUT2D eigenvalue weighted by Crippen LogP contribution is -2.33. The molecule has 6 nitrogen and oxygen atoms in total. The molecule has 0 aliphatic carbocycles. The fourth-order valence-corrected chi connectivity index (χ4v) is 7.47. The van der Waals surface area contributed by atoms with Gasteiger partial charge in [0.1, 0.15) is 23.9 Å². The van der Waals surface area contributed by atoms with Crippen molar-refractivity contribution in [2.75, 3.05) is 32.0 Å². The van der Waals surface area contributed by atoms with Crippen molar-refractivity contribution < 1.29 is 22.4 Å². The molecule has 5 rings (SSSR count). The number of rotatable bonds is 12. The summed E-state index contributed by atoms with van der Waals surface area (Å²) in [6, 6.07) is 21.0. The molecule has 1 N–H and O–H groups in total. The van der Waals surface area contributed by atoms with Crippen molar-refractivity contribution in [2.24, 2.45) is 0 Å². The molecule has 3 aromatic carbocycles. The topological polar surface area (TPSA) is 76.1 Å². The predicted molar refractivity (Wildman–Crippen MR) is 163 cm³/mol. The molecule has 1 aromatic heterocycles. The average Bonchev–Trinajstić information content (AvgIpc) is 3.31. The summed E-state index contributed by atoms with van der Waals surface area (Å²) >= 11 is 1.60. The van der Waals surface area contributed by atoms with Crippen molar-refractivity contribution in [3.05, 3.63) is 77.9 Å². The van der Waals surface area contributed by atoms with E-state index in [0.717, 1.165) is 50.4 Å². The minimum Gasteiger partial charge on any atom is -0.508 e. The standard InChI is InChI=1S/C32H37NO5S2/c1-2-3-21-40(35,36)38-28-15-16-29-30(32(39-31(29)23-28)25-9-11-26(34)12-10-25)22-24-7-13-27(14-8-24)37-20-19-33-17-5-4-6-18-33/h7-16,23,34H,2-6,17-22H2,1H3. The van der Waals surface area contributed by atoms with Gasteiger partial charge in [0, 0.05) is 16.1 Å². The second kappa shape index (κ2) is 13.1. The van der Waals surface area contributed by atoms with Crippen LogP contribution in [0.5, 0.6) is 17.2 Å². The Morgan fingerprint density at radius 2 is 1.65 bits per heavy atom. The smallest absolute Gasteiger partial charge is 0.309 e. The number of hydrogen-bond acceptors (Lipinski definition) is 7. The number of piperidine rings is 1. The zero-order valence-corrected chi connectivity index (χ0v) is 24.6. The first-order valence-electron chi connectivity index (χ1n) is 14.1. The summed E-state index contributed by atoms with van der Waals surface area (Å²) in [5.74, 6) is 1.43. The second-order valence-corrected chi connectivity index (χ2v) is 13.1. The van der Waals surface area contributed by atoms with Crippen LogP contribution in [-0.2, 0) is 16.5 Å². The highest BCUT2D eigenvalue weighted by Gasteiger charge is 2.18. The Labute approximate surface area is 241 Å². The van der Waals surface area contributed by atoms with Gasteiger partial charge < -0.3 is 14.0 Å². The van der Waals surface area contributed by atoms with Crippen molar-refractivity contribution in [1.29, 1.82) is 0 Å². The molecule has 0 bridgehead atoms. The first kappa shape index (κ1) is 28.5. The van der Waals surface area contributed by atoms with Crippen molar-refractivity contribution >= 4 is 31.5 Å². The molecule has 0 atom stereocenters. The number of phenolic OH excluding ortho intramolecular Hbond substituents is 1. The first-order chi connectivity index (χ1) is 19.4. The number of aromatic hydroxyl groups is 1. The molecule has 1 aliphatic heterocycles. The zero-order valence-electron chi connectivity index (χ0n) is 23.0. The third kappa shape index (κ3) is 7.36. The fourth-order valence-electron chi connectivity index (χ4n) is 5.10. The number of phenols is 1. The molecule has 0 radical (unpaired) electrons.